The monoisotopic (exact) mass is 807 g/mol. The van der Waals surface area contributed by atoms with Gasteiger partial charge in [0.05, 0.1) is 35.6 Å². The van der Waals surface area contributed by atoms with Crippen LogP contribution in [0.5, 0.6) is 0 Å². The van der Waals surface area contributed by atoms with Gasteiger partial charge in [0.15, 0.2) is 11.7 Å². The first kappa shape index (κ1) is 42.9. The molecule has 15 nitrogen and oxygen atoms in total. The fraction of sp³-hybridized carbons (Fsp3) is 0.581. The summed E-state index contributed by atoms with van der Waals surface area (Å²) < 4.78 is 29.5. The van der Waals surface area contributed by atoms with E-state index in [9.17, 15) is 44.1 Å². The van der Waals surface area contributed by atoms with Crippen LogP contribution in [-0.2, 0) is 42.9 Å². The second-order valence-electron chi connectivity index (χ2n) is 17.9. The summed E-state index contributed by atoms with van der Waals surface area (Å²) in [5.74, 6) is -8.93. The number of aliphatic hydroxyl groups excluding tert-OH is 2. The Labute approximate surface area is 336 Å². The van der Waals surface area contributed by atoms with E-state index in [2.05, 4.69) is 5.32 Å². The average molecular weight is 808 g/mol. The van der Waals surface area contributed by atoms with E-state index in [1.54, 1.807) is 90.1 Å². The highest BCUT2D eigenvalue weighted by Crippen LogP contribution is 2.64. The Morgan fingerprint density at radius 1 is 0.948 bits per heavy atom. The number of carbonyl (C=O) groups excluding carboxylic acids is 6. The standard InChI is InChI=1S/C43H53NO14/c1-22-26(55-37(51)32(48)30(24-15-11-9-12-16-24)44-38(52)58-39(3,4)5)20-43(53)35(56-36(50)25-17-13-10-14-18-25)33-41(8,34(49)31(47)29(22)40(43,6)7)27(46)19-28-42(33,21-54-28)57-23(2)45/h9-18,22,26-30,32-33,35,46,48,53H,19-21H2,1-8H3,(H,44,52)/t22?,26-,27-,28+,29?,30-,32+,33-,35-,41+,42-,43+/m0/s1. The smallest absolute Gasteiger partial charge is 0.408 e. The van der Waals surface area contributed by atoms with E-state index in [4.69, 9.17) is 23.7 Å². The lowest BCUT2D eigenvalue weighted by Crippen LogP contribution is -2.82. The third-order valence-electron chi connectivity index (χ3n) is 12.9. The molecule has 2 unspecified atom stereocenters. The first-order valence-corrected chi connectivity index (χ1v) is 19.5. The van der Waals surface area contributed by atoms with Crippen LogP contribution in [0.15, 0.2) is 60.7 Å². The molecule has 4 N–H and O–H groups in total. The van der Waals surface area contributed by atoms with Gasteiger partial charge in [-0.15, -0.1) is 0 Å². The lowest BCUT2D eigenvalue weighted by atomic mass is 9.42. The molecule has 15 heteroatoms. The highest BCUT2D eigenvalue weighted by Gasteiger charge is 2.79. The molecule has 3 aliphatic carbocycles. The summed E-state index contributed by atoms with van der Waals surface area (Å²) >= 11 is 0. The molecule has 1 aliphatic heterocycles. The van der Waals surface area contributed by atoms with E-state index in [0.717, 1.165) is 6.92 Å². The summed E-state index contributed by atoms with van der Waals surface area (Å²) in [6.07, 6.45) is -9.48. The van der Waals surface area contributed by atoms with Crippen molar-refractivity contribution in [2.45, 2.75) is 122 Å². The number of amides is 1. The summed E-state index contributed by atoms with van der Waals surface area (Å²) in [6.45, 7) is 11.8. The molecule has 2 bridgehead atoms. The van der Waals surface area contributed by atoms with Gasteiger partial charge in [-0.1, -0.05) is 69.3 Å². The van der Waals surface area contributed by atoms with Gasteiger partial charge in [-0.25, -0.2) is 14.4 Å². The Bertz CT molecular complexity index is 1950. The normalized spacial score (nSPS) is 34.9. The molecular formula is C43H53NO14. The van der Waals surface area contributed by atoms with E-state index in [0.29, 0.717) is 5.56 Å². The van der Waals surface area contributed by atoms with Crippen LogP contribution >= 0.6 is 0 Å². The molecule has 12 atom stereocenters. The third-order valence-corrected chi connectivity index (χ3v) is 12.9. The number of benzene rings is 2. The summed E-state index contributed by atoms with van der Waals surface area (Å²) in [4.78, 5) is 83.6. The van der Waals surface area contributed by atoms with E-state index in [-0.39, 0.29) is 18.6 Å². The predicted molar refractivity (Wildman–Crippen MR) is 203 cm³/mol. The van der Waals surface area contributed by atoms with Crippen LogP contribution < -0.4 is 5.32 Å². The molecule has 6 rings (SSSR count). The Balaban J connectivity index is 1.46. The fourth-order valence-electron chi connectivity index (χ4n) is 9.87. The Morgan fingerprint density at radius 2 is 1.55 bits per heavy atom. The topological polar surface area (TPSA) is 221 Å². The Kier molecular flexibility index (Phi) is 11.2. The third kappa shape index (κ3) is 7.09. The van der Waals surface area contributed by atoms with Crippen LogP contribution in [0.1, 0.15) is 90.2 Å². The minimum absolute atomic E-state index is 0.0747. The number of esters is 3. The molecule has 4 aliphatic rings. The molecule has 3 saturated carbocycles. The summed E-state index contributed by atoms with van der Waals surface area (Å²) in [6, 6.07) is 14.6. The molecule has 4 fully saturated rings. The van der Waals surface area contributed by atoms with Gasteiger partial charge in [-0.2, -0.15) is 0 Å². The van der Waals surface area contributed by atoms with Crippen molar-refractivity contribution < 1.29 is 67.8 Å². The first-order valence-electron chi connectivity index (χ1n) is 19.5. The van der Waals surface area contributed by atoms with Crippen molar-refractivity contribution in [2.75, 3.05) is 6.61 Å². The van der Waals surface area contributed by atoms with Gasteiger partial charge < -0.3 is 44.3 Å². The maximum absolute atomic E-state index is 14.9. The quantitative estimate of drug-likeness (QED) is 0.171. The van der Waals surface area contributed by atoms with Crippen LogP contribution in [0.3, 0.4) is 0 Å². The number of hydrogen-bond acceptors (Lipinski definition) is 14. The maximum Gasteiger partial charge on any atom is 0.408 e. The minimum Gasteiger partial charge on any atom is -0.460 e. The number of nitrogens with one attached hydrogen (secondary N) is 1. The molecule has 2 aromatic rings. The van der Waals surface area contributed by atoms with Crippen molar-refractivity contribution in [1.82, 2.24) is 5.32 Å². The predicted octanol–water partition coefficient (Wildman–Crippen LogP) is 3.40. The number of ketones is 2. The van der Waals surface area contributed by atoms with E-state index < -0.39 is 124 Å². The first-order chi connectivity index (χ1) is 27.0. The van der Waals surface area contributed by atoms with Gasteiger partial charge in [-0.05, 0) is 45.4 Å². The SMILES string of the molecule is CC(=O)O[C@@]12CO[C@@H]1C[C@H](O)[C@@]1(C)C(=O)C(=O)C3C(C)[C@@H](OC(=O)[C@H](O)[C@@H](NC(=O)OC(C)(C)C)c4ccccc4)C[C@@](O)([C@@H](OC(=O)c4ccccc4)[C@H]21)C3(C)C. The number of fused-ring (bicyclic) bond motifs is 5. The molecule has 1 saturated heterocycles. The second-order valence-corrected chi connectivity index (χ2v) is 17.9. The molecule has 1 amide bonds. The summed E-state index contributed by atoms with van der Waals surface area (Å²) in [5.41, 5.74) is -8.31. The van der Waals surface area contributed by atoms with Crippen molar-refractivity contribution in [1.29, 1.82) is 0 Å². The van der Waals surface area contributed by atoms with Crippen molar-refractivity contribution in [3.05, 3.63) is 71.8 Å². The number of hydrogen-bond donors (Lipinski definition) is 4. The van der Waals surface area contributed by atoms with Crippen LogP contribution in [0.4, 0.5) is 4.79 Å². The summed E-state index contributed by atoms with van der Waals surface area (Å²) in [7, 11) is 0. The van der Waals surface area contributed by atoms with Crippen molar-refractivity contribution in [2.24, 2.45) is 28.6 Å². The largest absolute Gasteiger partial charge is 0.460 e. The molecule has 58 heavy (non-hydrogen) atoms. The van der Waals surface area contributed by atoms with Crippen LogP contribution in [0.25, 0.3) is 0 Å². The number of ether oxygens (including phenoxy) is 5. The van der Waals surface area contributed by atoms with E-state index >= 15 is 0 Å². The zero-order valence-corrected chi connectivity index (χ0v) is 33.9. The van der Waals surface area contributed by atoms with Crippen LogP contribution in [-0.4, -0.2) is 105 Å². The number of Topliss-reactive ketones (excluding diaryl/α,β-unsaturated/α-hetero) is 2. The second kappa shape index (κ2) is 15.2. The highest BCUT2D eigenvalue weighted by molar-refractivity contribution is 6.40. The fourth-order valence-corrected chi connectivity index (χ4v) is 9.87. The lowest BCUT2D eigenvalue weighted by molar-refractivity contribution is -0.350. The van der Waals surface area contributed by atoms with Gasteiger partial charge >= 0.3 is 24.0 Å². The zero-order valence-electron chi connectivity index (χ0n) is 33.9. The number of alkyl carbamates (subject to hydrolysis) is 1. The van der Waals surface area contributed by atoms with Crippen molar-refractivity contribution >= 4 is 35.6 Å². The molecule has 1 heterocycles. The van der Waals surface area contributed by atoms with E-state index in [1.807, 2.05) is 0 Å². The molecule has 0 aromatic heterocycles. The Morgan fingerprint density at radius 3 is 2.10 bits per heavy atom. The lowest BCUT2D eigenvalue weighted by Gasteiger charge is -2.67. The van der Waals surface area contributed by atoms with Crippen LogP contribution in [0.2, 0.25) is 0 Å². The molecule has 314 valence electrons. The van der Waals surface area contributed by atoms with Gasteiger partial charge in [0.1, 0.15) is 29.5 Å². The van der Waals surface area contributed by atoms with Gasteiger partial charge in [-0.3, -0.25) is 14.4 Å². The molecular weight excluding hydrogens is 754 g/mol. The van der Waals surface area contributed by atoms with Crippen LogP contribution in [0, 0.1) is 28.6 Å². The molecule has 2 aromatic carbocycles. The van der Waals surface area contributed by atoms with Gasteiger partial charge in [0.2, 0.25) is 11.6 Å². The molecule has 0 spiro atoms. The van der Waals surface area contributed by atoms with Gasteiger partial charge in [0.25, 0.3) is 0 Å². The molecule has 0 radical (unpaired) electrons. The number of aliphatic hydroxyl groups is 3. The Hall–Kier alpha value is -4.70. The van der Waals surface area contributed by atoms with E-state index in [1.165, 1.54) is 19.1 Å². The summed E-state index contributed by atoms with van der Waals surface area (Å²) in [5, 5.41) is 39.3. The average Bonchev–Trinajstić information content (AvgIpc) is 3.14. The number of carbonyl (C=O) groups is 6. The van der Waals surface area contributed by atoms with Crippen molar-refractivity contribution in [3.8, 4) is 0 Å². The maximum atomic E-state index is 14.9. The number of rotatable bonds is 8. The highest BCUT2D eigenvalue weighted by atomic mass is 16.6. The van der Waals surface area contributed by atoms with Gasteiger partial charge in [0, 0.05) is 37.0 Å². The minimum atomic E-state index is -2.36. The van der Waals surface area contributed by atoms with Crippen molar-refractivity contribution in [3.63, 3.8) is 0 Å². The zero-order chi connectivity index (χ0) is 42.7.